The van der Waals surface area contributed by atoms with Crippen molar-refractivity contribution in [1.82, 2.24) is 4.57 Å². The van der Waals surface area contributed by atoms with Gasteiger partial charge in [0.15, 0.2) is 17.1 Å². The molecule has 0 aliphatic heterocycles. The molecular weight excluding hydrogens is 290 g/mol. The summed E-state index contributed by atoms with van der Waals surface area (Å²) in [5.74, 6) is -2.78. The second-order valence-corrected chi connectivity index (χ2v) is 5.81. The number of hydrogen-bond donors (Lipinski definition) is 1. The Morgan fingerprint density at radius 3 is 2.45 bits per heavy atom. The number of aryl methyl sites for hydroxylation is 2. The number of carbonyl (C=O) groups is 1. The zero-order chi connectivity index (χ0) is 16.2. The van der Waals surface area contributed by atoms with Crippen LogP contribution in [-0.4, -0.2) is 10.5 Å². The molecule has 0 bridgehead atoms. The molecule has 1 amide bonds. The summed E-state index contributed by atoms with van der Waals surface area (Å²) in [6.45, 7) is 4.28. The number of anilines is 1. The molecule has 1 aromatic heterocycles. The molecule has 1 heterocycles. The van der Waals surface area contributed by atoms with E-state index in [0.717, 1.165) is 12.8 Å². The Balaban J connectivity index is 2.53. The highest BCUT2D eigenvalue weighted by Gasteiger charge is 2.29. The van der Waals surface area contributed by atoms with E-state index in [0.29, 0.717) is 11.1 Å². The highest BCUT2D eigenvalue weighted by Crippen LogP contribution is 2.40. The summed E-state index contributed by atoms with van der Waals surface area (Å²) in [5, 5.41) is 2.31. The van der Waals surface area contributed by atoms with Crippen LogP contribution in [0.5, 0.6) is 0 Å². The summed E-state index contributed by atoms with van der Waals surface area (Å²) in [5.41, 5.74) is 0.133. The zero-order valence-corrected chi connectivity index (χ0v) is 12.6. The molecule has 1 aromatic carbocycles. The third kappa shape index (κ3) is 2.10. The van der Waals surface area contributed by atoms with Crippen LogP contribution in [-0.2, 0) is 4.79 Å². The standard InChI is InChI=1S/C16H16F2N2O2/c1-7-6-20(10-4-5-10)15-8(2)12(17)13(18)14(19-9(3)21)11(15)16(7)22/h6,10H,4-5H2,1-3H3,(H,19,21). The maximum atomic E-state index is 14.3. The van der Waals surface area contributed by atoms with E-state index in [1.807, 2.05) is 4.57 Å². The zero-order valence-electron chi connectivity index (χ0n) is 12.6. The number of fused-ring (bicyclic) bond motifs is 1. The van der Waals surface area contributed by atoms with Crippen LogP contribution < -0.4 is 10.7 Å². The number of hydrogen-bond acceptors (Lipinski definition) is 2. The number of benzene rings is 1. The van der Waals surface area contributed by atoms with Crippen molar-refractivity contribution in [3.05, 3.63) is 39.2 Å². The number of carbonyl (C=O) groups excluding carboxylic acids is 1. The largest absolute Gasteiger partial charge is 0.344 e. The summed E-state index contributed by atoms with van der Waals surface area (Å²) in [6.07, 6.45) is 3.56. The first-order valence-electron chi connectivity index (χ1n) is 7.13. The van der Waals surface area contributed by atoms with Crippen molar-refractivity contribution in [2.45, 2.75) is 39.7 Å². The monoisotopic (exact) mass is 306 g/mol. The van der Waals surface area contributed by atoms with Crippen LogP contribution in [0.4, 0.5) is 14.5 Å². The molecule has 116 valence electrons. The van der Waals surface area contributed by atoms with Crippen LogP contribution in [0.2, 0.25) is 0 Å². The first-order valence-corrected chi connectivity index (χ1v) is 7.13. The summed E-state index contributed by atoms with van der Waals surface area (Å²) in [6, 6.07) is 0.190. The first-order chi connectivity index (χ1) is 10.3. The van der Waals surface area contributed by atoms with E-state index in [-0.39, 0.29) is 22.7 Å². The fourth-order valence-corrected chi connectivity index (χ4v) is 2.80. The number of halogens is 2. The minimum absolute atomic E-state index is 0.0403. The molecule has 1 aliphatic carbocycles. The van der Waals surface area contributed by atoms with Crippen molar-refractivity contribution >= 4 is 22.5 Å². The Morgan fingerprint density at radius 1 is 1.27 bits per heavy atom. The molecule has 0 atom stereocenters. The average molecular weight is 306 g/mol. The van der Waals surface area contributed by atoms with Crippen molar-refractivity contribution in [3.63, 3.8) is 0 Å². The quantitative estimate of drug-likeness (QED) is 0.926. The molecule has 6 heteroatoms. The van der Waals surface area contributed by atoms with Crippen molar-refractivity contribution in [2.24, 2.45) is 0 Å². The van der Waals surface area contributed by atoms with Crippen molar-refractivity contribution in [1.29, 1.82) is 0 Å². The van der Waals surface area contributed by atoms with Crippen LogP contribution in [0.3, 0.4) is 0 Å². The van der Waals surface area contributed by atoms with Gasteiger partial charge >= 0.3 is 0 Å². The van der Waals surface area contributed by atoms with E-state index in [1.165, 1.54) is 13.8 Å². The Hall–Kier alpha value is -2.24. The van der Waals surface area contributed by atoms with Crippen LogP contribution >= 0.6 is 0 Å². The van der Waals surface area contributed by atoms with E-state index < -0.39 is 23.0 Å². The smallest absolute Gasteiger partial charge is 0.221 e. The molecular formula is C16H16F2N2O2. The summed E-state index contributed by atoms with van der Waals surface area (Å²) >= 11 is 0. The molecule has 0 radical (unpaired) electrons. The fourth-order valence-electron chi connectivity index (χ4n) is 2.80. The number of nitrogens with zero attached hydrogens (tertiary/aromatic N) is 1. The lowest BCUT2D eigenvalue weighted by Crippen LogP contribution is -2.19. The lowest BCUT2D eigenvalue weighted by Gasteiger charge is -2.18. The minimum Gasteiger partial charge on any atom is -0.344 e. The van der Waals surface area contributed by atoms with Gasteiger partial charge in [0.25, 0.3) is 0 Å². The maximum Gasteiger partial charge on any atom is 0.221 e. The van der Waals surface area contributed by atoms with E-state index >= 15 is 0 Å². The number of amides is 1. The lowest BCUT2D eigenvalue weighted by atomic mass is 10.0. The van der Waals surface area contributed by atoms with E-state index in [1.54, 1.807) is 13.1 Å². The topological polar surface area (TPSA) is 51.1 Å². The molecule has 1 N–H and O–H groups in total. The second kappa shape index (κ2) is 4.90. The highest BCUT2D eigenvalue weighted by molar-refractivity contribution is 6.02. The molecule has 1 saturated carbocycles. The highest BCUT2D eigenvalue weighted by atomic mass is 19.2. The SMILES string of the molecule is CC(=O)Nc1c(F)c(F)c(C)c2c1c(=O)c(C)cn2C1CC1. The Kier molecular flexibility index (Phi) is 3.27. The molecule has 0 saturated heterocycles. The predicted molar refractivity (Wildman–Crippen MR) is 80.2 cm³/mol. The van der Waals surface area contributed by atoms with Gasteiger partial charge in [0.1, 0.15) is 0 Å². The molecule has 4 nitrogen and oxygen atoms in total. The van der Waals surface area contributed by atoms with E-state index in [9.17, 15) is 18.4 Å². The van der Waals surface area contributed by atoms with Crippen molar-refractivity contribution in [3.8, 4) is 0 Å². The fraction of sp³-hybridized carbons (Fsp3) is 0.375. The third-order valence-electron chi connectivity index (χ3n) is 4.00. The number of nitrogens with one attached hydrogen (secondary N) is 1. The predicted octanol–water partition coefficient (Wildman–Crippen LogP) is 3.19. The molecule has 0 spiro atoms. The molecule has 2 aromatic rings. The van der Waals surface area contributed by atoms with Gasteiger partial charge in [-0.2, -0.15) is 0 Å². The molecule has 3 rings (SSSR count). The van der Waals surface area contributed by atoms with Gasteiger partial charge in [-0.1, -0.05) is 0 Å². The Morgan fingerprint density at radius 2 is 1.91 bits per heavy atom. The van der Waals surface area contributed by atoms with Gasteiger partial charge in [0.05, 0.1) is 16.6 Å². The molecule has 22 heavy (non-hydrogen) atoms. The lowest BCUT2D eigenvalue weighted by molar-refractivity contribution is -0.114. The van der Waals surface area contributed by atoms with Gasteiger partial charge in [0.2, 0.25) is 5.91 Å². The summed E-state index contributed by atoms with van der Waals surface area (Å²) < 4.78 is 30.3. The van der Waals surface area contributed by atoms with Crippen LogP contribution in [0.25, 0.3) is 10.9 Å². The van der Waals surface area contributed by atoms with Crippen LogP contribution in [0.15, 0.2) is 11.0 Å². The number of pyridine rings is 1. The summed E-state index contributed by atoms with van der Waals surface area (Å²) in [7, 11) is 0. The van der Waals surface area contributed by atoms with Gasteiger partial charge in [-0.25, -0.2) is 8.78 Å². The maximum absolute atomic E-state index is 14.3. The number of rotatable bonds is 2. The molecule has 0 unspecified atom stereocenters. The average Bonchev–Trinajstić information content (AvgIpc) is 3.28. The van der Waals surface area contributed by atoms with Crippen molar-refractivity contribution < 1.29 is 13.6 Å². The minimum atomic E-state index is -1.19. The van der Waals surface area contributed by atoms with E-state index in [2.05, 4.69) is 5.32 Å². The van der Waals surface area contributed by atoms with Gasteiger partial charge < -0.3 is 9.88 Å². The molecule has 1 fully saturated rings. The third-order valence-corrected chi connectivity index (χ3v) is 4.00. The molecule has 1 aliphatic rings. The Labute approximate surface area is 125 Å². The second-order valence-electron chi connectivity index (χ2n) is 5.81. The van der Waals surface area contributed by atoms with Crippen molar-refractivity contribution in [2.75, 3.05) is 5.32 Å². The number of aromatic nitrogens is 1. The van der Waals surface area contributed by atoms with Gasteiger partial charge in [-0.15, -0.1) is 0 Å². The Bertz CT molecular complexity index is 867. The van der Waals surface area contributed by atoms with E-state index in [4.69, 9.17) is 0 Å². The van der Waals surface area contributed by atoms with Gasteiger partial charge in [-0.05, 0) is 26.7 Å². The normalized spacial score (nSPS) is 14.4. The van der Waals surface area contributed by atoms with Gasteiger partial charge in [0, 0.05) is 30.3 Å². The first kappa shape index (κ1) is 14.7. The van der Waals surface area contributed by atoms with Crippen LogP contribution in [0, 0.1) is 25.5 Å². The summed E-state index contributed by atoms with van der Waals surface area (Å²) in [4.78, 5) is 23.8. The van der Waals surface area contributed by atoms with Crippen LogP contribution in [0.1, 0.15) is 36.9 Å². The van der Waals surface area contributed by atoms with Gasteiger partial charge in [-0.3, -0.25) is 9.59 Å².